The van der Waals surface area contributed by atoms with Crippen molar-refractivity contribution in [1.82, 2.24) is 20.9 Å². The Labute approximate surface area is 214 Å². The number of nitrogens with one attached hydrogen (secondary N) is 3. The molecule has 7 nitrogen and oxygen atoms in total. The van der Waals surface area contributed by atoms with Crippen molar-refractivity contribution < 1.29 is 9.21 Å². The van der Waals surface area contributed by atoms with Gasteiger partial charge in [-0.05, 0) is 51.7 Å². The summed E-state index contributed by atoms with van der Waals surface area (Å²) in [7, 11) is 0. The fourth-order valence-corrected chi connectivity index (χ4v) is 4.04. The van der Waals surface area contributed by atoms with Gasteiger partial charge in [0, 0.05) is 50.4 Å². The minimum Gasteiger partial charge on any atom is -0.459 e. The summed E-state index contributed by atoms with van der Waals surface area (Å²) in [6.45, 7) is 10.4. The van der Waals surface area contributed by atoms with Gasteiger partial charge < -0.3 is 20.4 Å². The highest BCUT2D eigenvalue weighted by Crippen LogP contribution is 2.23. The van der Waals surface area contributed by atoms with Gasteiger partial charge in [-0.2, -0.15) is 0 Å². The Kier molecular flexibility index (Phi) is 11.7. The van der Waals surface area contributed by atoms with Crippen molar-refractivity contribution in [3.63, 3.8) is 0 Å². The number of guanidine groups is 1. The van der Waals surface area contributed by atoms with Gasteiger partial charge in [-0.15, -0.1) is 24.0 Å². The van der Waals surface area contributed by atoms with Crippen LogP contribution in [0.15, 0.2) is 52.1 Å². The lowest BCUT2D eigenvalue weighted by atomic mass is 10.0. The lowest BCUT2D eigenvalue weighted by molar-refractivity contribution is 0.0925. The monoisotopic (exact) mass is 567 g/mol. The molecule has 0 aliphatic carbocycles. The lowest BCUT2D eigenvalue weighted by Crippen LogP contribution is -2.49. The molecule has 8 heteroatoms. The van der Waals surface area contributed by atoms with Crippen molar-refractivity contribution in [2.75, 3.05) is 32.7 Å². The number of likely N-dealkylation sites (tertiary alicyclic amines) is 1. The number of piperidine rings is 1. The first-order chi connectivity index (χ1) is 15.6. The van der Waals surface area contributed by atoms with Crippen LogP contribution in [0.4, 0.5) is 0 Å². The summed E-state index contributed by atoms with van der Waals surface area (Å²) in [6.07, 6.45) is 4.51. The number of rotatable bonds is 9. The largest absolute Gasteiger partial charge is 0.459 e. The van der Waals surface area contributed by atoms with Crippen LogP contribution in [0.3, 0.4) is 0 Å². The van der Waals surface area contributed by atoms with Crippen LogP contribution in [0.25, 0.3) is 0 Å². The van der Waals surface area contributed by atoms with Gasteiger partial charge in [0.25, 0.3) is 5.91 Å². The molecule has 182 valence electrons. The number of benzene rings is 1. The maximum atomic E-state index is 12.1. The summed E-state index contributed by atoms with van der Waals surface area (Å²) >= 11 is 0. The number of hydrogen-bond acceptors (Lipinski definition) is 4. The first kappa shape index (κ1) is 27.2. The molecule has 1 aliphatic heterocycles. The second-order valence-corrected chi connectivity index (χ2v) is 8.34. The summed E-state index contributed by atoms with van der Waals surface area (Å²) in [6, 6.07) is 13.4. The van der Waals surface area contributed by atoms with Gasteiger partial charge in [-0.1, -0.05) is 30.3 Å². The predicted octanol–water partition coefficient (Wildman–Crippen LogP) is 4.11. The lowest BCUT2D eigenvalue weighted by Gasteiger charge is -2.37. The molecule has 1 atom stereocenters. The van der Waals surface area contributed by atoms with Crippen molar-refractivity contribution in [2.24, 2.45) is 4.99 Å². The molecule has 0 bridgehead atoms. The summed E-state index contributed by atoms with van der Waals surface area (Å²) in [5, 5.41) is 9.83. The van der Waals surface area contributed by atoms with E-state index in [1.165, 1.54) is 11.8 Å². The van der Waals surface area contributed by atoms with E-state index in [1.807, 2.05) is 6.92 Å². The zero-order valence-corrected chi connectivity index (χ0v) is 22.3. The van der Waals surface area contributed by atoms with Gasteiger partial charge in [-0.25, -0.2) is 0 Å². The molecular weight excluding hydrogens is 529 g/mol. The van der Waals surface area contributed by atoms with Crippen molar-refractivity contribution in [3.8, 4) is 0 Å². The highest BCUT2D eigenvalue weighted by Gasteiger charge is 2.24. The Bertz CT molecular complexity index is 863. The average molecular weight is 568 g/mol. The zero-order chi connectivity index (χ0) is 22.8. The van der Waals surface area contributed by atoms with Gasteiger partial charge in [0.15, 0.2) is 11.7 Å². The molecule has 1 aromatic heterocycles. The number of nitrogens with zero attached hydrogens (tertiary/aromatic N) is 2. The Morgan fingerprint density at radius 2 is 1.91 bits per heavy atom. The van der Waals surface area contributed by atoms with Crippen LogP contribution in [0.2, 0.25) is 0 Å². The standard InChI is InChI=1S/C25H37N5O2.HI/c1-4-26-25(28-15-8-14-27-24(31)23-19(2)13-18-32-23)29-22-11-16-30(17-12-22)20(3)21-9-6-5-7-10-21;/h5-7,9-10,13,18,20,22H,4,8,11-12,14-17H2,1-3H3,(H,27,31)(H2,26,28,29);1H. The van der Waals surface area contributed by atoms with Crippen LogP contribution >= 0.6 is 24.0 Å². The Morgan fingerprint density at radius 3 is 2.55 bits per heavy atom. The van der Waals surface area contributed by atoms with Crippen LogP contribution < -0.4 is 16.0 Å². The minimum absolute atomic E-state index is 0. The summed E-state index contributed by atoms with van der Waals surface area (Å²) in [5.74, 6) is 1.07. The molecule has 0 saturated carbocycles. The molecule has 3 rings (SSSR count). The number of halogens is 1. The molecule has 0 spiro atoms. The maximum absolute atomic E-state index is 12.1. The Hall–Kier alpha value is -2.07. The van der Waals surface area contributed by atoms with Gasteiger partial charge >= 0.3 is 0 Å². The highest BCUT2D eigenvalue weighted by atomic mass is 127. The third-order valence-corrected chi connectivity index (χ3v) is 6.00. The van der Waals surface area contributed by atoms with E-state index in [2.05, 4.69) is 65.0 Å². The molecule has 3 N–H and O–H groups in total. The van der Waals surface area contributed by atoms with Crippen molar-refractivity contribution >= 4 is 35.8 Å². The van der Waals surface area contributed by atoms with Crippen LogP contribution in [0, 0.1) is 6.92 Å². The molecule has 0 radical (unpaired) electrons. The molecule has 33 heavy (non-hydrogen) atoms. The van der Waals surface area contributed by atoms with Crippen molar-refractivity contribution in [2.45, 2.75) is 52.1 Å². The fourth-order valence-electron chi connectivity index (χ4n) is 4.04. The minimum atomic E-state index is -0.169. The molecular formula is C25H38IN5O2. The van der Waals surface area contributed by atoms with Crippen LogP contribution in [0.1, 0.15) is 60.8 Å². The SMILES string of the molecule is CCNC(=NCCCNC(=O)c1occc1C)NC1CCN(C(C)c2ccccc2)CC1.I. The summed E-state index contributed by atoms with van der Waals surface area (Å²) < 4.78 is 5.22. The van der Waals surface area contributed by atoms with Gasteiger partial charge in [-0.3, -0.25) is 14.7 Å². The van der Waals surface area contributed by atoms with E-state index in [0.717, 1.165) is 50.4 Å². The predicted molar refractivity (Wildman–Crippen MR) is 144 cm³/mol. The molecule has 2 heterocycles. The molecule has 1 saturated heterocycles. The van der Waals surface area contributed by atoms with E-state index in [0.29, 0.717) is 30.9 Å². The number of aryl methyl sites for hydroxylation is 1. The zero-order valence-electron chi connectivity index (χ0n) is 20.0. The fraction of sp³-hybridized carbons (Fsp3) is 0.520. The highest BCUT2D eigenvalue weighted by molar-refractivity contribution is 14.0. The summed E-state index contributed by atoms with van der Waals surface area (Å²) in [5.41, 5.74) is 2.23. The smallest absolute Gasteiger partial charge is 0.287 e. The van der Waals surface area contributed by atoms with E-state index in [-0.39, 0.29) is 29.9 Å². The van der Waals surface area contributed by atoms with Crippen molar-refractivity contribution in [1.29, 1.82) is 0 Å². The van der Waals surface area contributed by atoms with E-state index < -0.39 is 0 Å². The van der Waals surface area contributed by atoms with E-state index in [1.54, 1.807) is 6.07 Å². The number of hydrogen-bond donors (Lipinski definition) is 3. The number of furan rings is 1. The van der Waals surface area contributed by atoms with E-state index in [9.17, 15) is 4.79 Å². The summed E-state index contributed by atoms with van der Waals surface area (Å²) in [4.78, 5) is 19.3. The normalized spacial score (nSPS) is 16.0. The Balaban J connectivity index is 0.00000385. The topological polar surface area (TPSA) is 81.9 Å². The van der Waals surface area contributed by atoms with Crippen LogP contribution in [0.5, 0.6) is 0 Å². The van der Waals surface area contributed by atoms with Crippen LogP contribution in [-0.2, 0) is 0 Å². The average Bonchev–Trinajstić information content (AvgIpc) is 3.25. The van der Waals surface area contributed by atoms with Crippen LogP contribution in [-0.4, -0.2) is 55.5 Å². The molecule has 2 aromatic rings. The number of carbonyl (C=O) groups is 1. The third-order valence-electron chi connectivity index (χ3n) is 6.00. The molecule has 1 amide bonds. The molecule has 1 aromatic carbocycles. The number of aliphatic imine (C=N–C) groups is 1. The first-order valence-corrected chi connectivity index (χ1v) is 11.7. The second-order valence-electron chi connectivity index (χ2n) is 8.34. The second kappa shape index (κ2) is 14.2. The molecule has 1 fully saturated rings. The van der Waals surface area contributed by atoms with Crippen molar-refractivity contribution in [3.05, 3.63) is 59.5 Å². The first-order valence-electron chi connectivity index (χ1n) is 11.7. The van der Waals surface area contributed by atoms with E-state index in [4.69, 9.17) is 9.41 Å². The van der Waals surface area contributed by atoms with Gasteiger partial charge in [0.05, 0.1) is 6.26 Å². The van der Waals surface area contributed by atoms with Gasteiger partial charge in [0.2, 0.25) is 0 Å². The quantitative estimate of drug-likeness (QED) is 0.184. The third kappa shape index (κ3) is 8.33. The Morgan fingerprint density at radius 1 is 1.18 bits per heavy atom. The number of amides is 1. The molecule has 1 aliphatic rings. The van der Waals surface area contributed by atoms with E-state index >= 15 is 0 Å². The molecule has 1 unspecified atom stereocenters. The van der Waals surface area contributed by atoms with Gasteiger partial charge in [0.1, 0.15) is 0 Å². The number of carbonyl (C=O) groups excluding carboxylic acids is 1. The maximum Gasteiger partial charge on any atom is 0.287 e.